The molecule has 3 aromatic rings. The van der Waals surface area contributed by atoms with Crippen molar-refractivity contribution in [1.82, 2.24) is 14.9 Å². The molecule has 122 valence electrons. The summed E-state index contributed by atoms with van der Waals surface area (Å²) in [5.74, 6) is 6.75. The number of amides is 1. The number of benzene rings is 2. The van der Waals surface area contributed by atoms with E-state index in [9.17, 15) is 4.79 Å². The molecule has 0 aliphatic heterocycles. The quantitative estimate of drug-likeness (QED) is 0.551. The van der Waals surface area contributed by atoms with Crippen molar-refractivity contribution >= 4 is 23.4 Å². The van der Waals surface area contributed by atoms with Crippen molar-refractivity contribution in [1.29, 1.82) is 0 Å². The summed E-state index contributed by atoms with van der Waals surface area (Å²) in [4.78, 5) is 12.0. The maximum Gasteiger partial charge on any atom is 0.234 e. The summed E-state index contributed by atoms with van der Waals surface area (Å²) in [6, 6.07) is 17.1. The van der Waals surface area contributed by atoms with Gasteiger partial charge in [0.15, 0.2) is 5.82 Å². The van der Waals surface area contributed by atoms with E-state index in [1.54, 1.807) is 0 Å². The fourth-order valence-corrected chi connectivity index (χ4v) is 2.89. The smallest absolute Gasteiger partial charge is 0.234 e. The zero-order valence-corrected chi connectivity index (χ0v) is 14.0. The number of hydrogen-bond acceptors (Lipinski definition) is 5. The predicted molar refractivity (Wildman–Crippen MR) is 96.1 cm³/mol. The Morgan fingerprint density at radius 3 is 2.58 bits per heavy atom. The van der Waals surface area contributed by atoms with E-state index in [0.717, 1.165) is 16.8 Å². The molecule has 1 heterocycles. The minimum absolute atomic E-state index is 0.119. The minimum atomic E-state index is -0.119. The lowest BCUT2D eigenvalue weighted by Gasteiger charge is -2.06. The van der Waals surface area contributed by atoms with Crippen molar-refractivity contribution in [3.63, 3.8) is 0 Å². The van der Waals surface area contributed by atoms with Crippen molar-refractivity contribution in [2.24, 2.45) is 0 Å². The van der Waals surface area contributed by atoms with Gasteiger partial charge in [0.05, 0.1) is 5.75 Å². The number of nitrogen functional groups attached to an aromatic ring is 1. The molecule has 0 unspecified atom stereocenters. The molecule has 3 rings (SSSR count). The fourth-order valence-electron chi connectivity index (χ4n) is 2.23. The molecule has 24 heavy (non-hydrogen) atoms. The van der Waals surface area contributed by atoms with Gasteiger partial charge in [-0.2, -0.15) is 0 Å². The van der Waals surface area contributed by atoms with Crippen molar-refractivity contribution in [2.75, 3.05) is 16.9 Å². The van der Waals surface area contributed by atoms with Crippen LogP contribution in [0.3, 0.4) is 0 Å². The molecular formula is C17H17N5OS. The number of para-hydroxylation sites is 1. The number of aryl methyl sites for hydroxylation is 1. The second kappa shape index (κ2) is 7.18. The molecule has 0 radical (unpaired) electrons. The van der Waals surface area contributed by atoms with Gasteiger partial charge >= 0.3 is 0 Å². The number of carbonyl (C=O) groups is 1. The topological polar surface area (TPSA) is 85.8 Å². The van der Waals surface area contributed by atoms with E-state index in [0.29, 0.717) is 11.0 Å². The highest BCUT2D eigenvalue weighted by molar-refractivity contribution is 7.99. The maximum atomic E-state index is 12.0. The van der Waals surface area contributed by atoms with Gasteiger partial charge in [0, 0.05) is 11.3 Å². The standard InChI is InChI=1S/C17H17N5OS/c1-12-7-5-6-10-14(12)16-20-21-17(22(16)18)24-11-15(23)19-13-8-3-2-4-9-13/h2-10H,11,18H2,1H3,(H,19,23). The zero-order valence-electron chi connectivity index (χ0n) is 13.1. The van der Waals surface area contributed by atoms with E-state index >= 15 is 0 Å². The second-order valence-electron chi connectivity index (χ2n) is 5.19. The molecular weight excluding hydrogens is 322 g/mol. The van der Waals surface area contributed by atoms with Crippen LogP contribution in [0.5, 0.6) is 0 Å². The molecule has 2 aromatic carbocycles. The molecule has 0 fully saturated rings. The monoisotopic (exact) mass is 339 g/mol. The summed E-state index contributed by atoms with van der Waals surface area (Å²) in [5, 5.41) is 11.5. The first-order valence-electron chi connectivity index (χ1n) is 7.39. The molecule has 6 nitrogen and oxygen atoms in total. The van der Waals surface area contributed by atoms with E-state index in [1.165, 1.54) is 16.4 Å². The van der Waals surface area contributed by atoms with Crippen LogP contribution in [0.15, 0.2) is 59.8 Å². The van der Waals surface area contributed by atoms with Crippen LogP contribution >= 0.6 is 11.8 Å². The molecule has 0 aliphatic rings. The molecule has 0 atom stereocenters. The number of carbonyl (C=O) groups excluding carboxylic acids is 1. The number of anilines is 1. The van der Waals surface area contributed by atoms with Gasteiger partial charge in [-0.15, -0.1) is 10.2 Å². The number of nitrogens with one attached hydrogen (secondary N) is 1. The molecule has 0 bridgehead atoms. The Bertz CT molecular complexity index is 847. The van der Waals surface area contributed by atoms with Crippen LogP contribution < -0.4 is 11.2 Å². The Hall–Kier alpha value is -2.80. The van der Waals surface area contributed by atoms with Gasteiger partial charge in [-0.3, -0.25) is 4.79 Å². The van der Waals surface area contributed by atoms with Gasteiger partial charge in [0.1, 0.15) is 0 Å². The molecule has 1 amide bonds. The summed E-state index contributed by atoms with van der Waals surface area (Å²) in [6.07, 6.45) is 0. The van der Waals surface area contributed by atoms with E-state index in [4.69, 9.17) is 5.84 Å². The Kier molecular flexibility index (Phi) is 4.81. The van der Waals surface area contributed by atoms with Gasteiger partial charge in [0.25, 0.3) is 0 Å². The van der Waals surface area contributed by atoms with Crippen LogP contribution in [0.1, 0.15) is 5.56 Å². The number of nitrogens with two attached hydrogens (primary N) is 1. The Morgan fingerprint density at radius 2 is 1.83 bits per heavy atom. The Labute approximate surface area is 144 Å². The summed E-state index contributed by atoms with van der Waals surface area (Å²) in [5.41, 5.74) is 2.75. The van der Waals surface area contributed by atoms with E-state index in [2.05, 4.69) is 15.5 Å². The number of hydrogen-bond donors (Lipinski definition) is 2. The van der Waals surface area contributed by atoms with Crippen molar-refractivity contribution in [3.05, 3.63) is 60.2 Å². The van der Waals surface area contributed by atoms with Gasteiger partial charge in [0.2, 0.25) is 11.1 Å². The van der Waals surface area contributed by atoms with Gasteiger partial charge in [-0.25, -0.2) is 4.68 Å². The molecule has 0 saturated carbocycles. The lowest BCUT2D eigenvalue weighted by molar-refractivity contribution is -0.113. The largest absolute Gasteiger partial charge is 0.335 e. The number of nitrogens with zero attached hydrogens (tertiary/aromatic N) is 3. The number of rotatable bonds is 5. The average molecular weight is 339 g/mol. The second-order valence-corrected chi connectivity index (χ2v) is 6.14. The van der Waals surface area contributed by atoms with Crippen LogP contribution in [-0.2, 0) is 4.79 Å². The highest BCUT2D eigenvalue weighted by Gasteiger charge is 2.15. The lowest BCUT2D eigenvalue weighted by Crippen LogP contribution is -2.16. The third kappa shape index (κ3) is 3.57. The molecule has 0 spiro atoms. The van der Waals surface area contributed by atoms with Gasteiger partial charge in [-0.1, -0.05) is 54.2 Å². The molecule has 7 heteroatoms. The summed E-state index contributed by atoms with van der Waals surface area (Å²) in [7, 11) is 0. The highest BCUT2D eigenvalue weighted by Crippen LogP contribution is 2.24. The van der Waals surface area contributed by atoms with Crippen LogP contribution in [0.4, 0.5) is 5.69 Å². The van der Waals surface area contributed by atoms with Crippen LogP contribution in [0.25, 0.3) is 11.4 Å². The van der Waals surface area contributed by atoms with E-state index in [1.807, 2.05) is 61.5 Å². The van der Waals surface area contributed by atoms with Gasteiger partial charge in [-0.05, 0) is 24.6 Å². The normalized spacial score (nSPS) is 10.5. The van der Waals surface area contributed by atoms with Crippen LogP contribution in [-0.4, -0.2) is 26.5 Å². The summed E-state index contributed by atoms with van der Waals surface area (Å²) < 4.78 is 1.42. The van der Waals surface area contributed by atoms with Crippen LogP contribution in [0.2, 0.25) is 0 Å². The van der Waals surface area contributed by atoms with Crippen molar-refractivity contribution in [2.45, 2.75) is 12.1 Å². The first kappa shape index (κ1) is 16.1. The molecule has 0 aliphatic carbocycles. The average Bonchev–Trinajstić information content (AvgIpc) is 2.95. The third-order valence-corrected chi connectivity index (χ3v) is 4.38. The predicted octanol–water partition coefficient (Wildman–Crippen LogP) is 2.70. The summed E-state index contributed by atoms with van der Waals surface area (Å²) >= 11 is 1.25. The van der Waals surface area contributed by atoms with E-state index in [-0.39, 0.29) is 11.7 Å². The lowest BCUT2D eigenvalue weighted by atomic mass is 10.1. The zero-order chi connectivity index (χ0) is 16.9. The first-order chi connectivity index (χ1) is 11.6. The minimum Gasteiger partial charge on any atom is -0.335 e. The van der Waals surface area contributed by atoms with Gasteiger partial charge < -0.3 is 11.2 Å². The highest BCUT2D eigenvalue weighted by atomic mass is 32.2. The number of thioether (sulfide) groups is 1. The first-order valence-corrected chi connectivity index (χ1v) is 8.38. The number of aromatic nitrogens is 3. The SMILES string of the molecule is Cc1ccccc1-c1nnc(SCC(=O)Nc2ccccc2)n1N. The molecule has 1 aromatic heterocycles. The van der Waals surface area contributed by atoms with E-state index < -0.39 is 0 Å². The van der Waals surface area contributed by atoms with Crippen LogP contribution in [0, 0.1) is 6.92 Å². The third-order valence-electron chi connectivity index (χ3n) is 3.44. The fraction of sp³-hybridized carbons (Fsp3) is 0.118. The molecule has 0 saturated heterocycles. The Balaban J connectivity index is 1.67. The Morgan fingerprint density at radius 1 is 1.12 bits per heavy atom. The maximum absolute atomic E-state index is 12.0. The van der Waals surface area contributed by atoms with Crippen molar-refractivity contribution < 1.29 is 4.79 Å². The van der Waals surface area contributed by atoms with Crippen molar-refractivity contribution in [3.8, 4) is 11.4 Å². The summed E-state index contributed by atoms with van der Waals surface area (Å²) in [6.45, 7) is 1.99. The molecule has 3 N–H and O–H groups in total.